The van der Waals surface area contributed by atoms with Gasteiger partial charge in [-0.15, -0.1) is 0 Å². The molecule has 0 fully saturated rings. The molecule has 0 spiro atoms. The number of benzene rings is 1. The summed E-state index contributed by atoms with van der Waals surface area (Å²) in [5.74, 6) is -0.830. The van der Waals surface area contributed by atoms with Crippen molar-refractivity contribution in [2.75, 3.05) is 7.05 Å². The Labute approximate surface area is 94.7 Å². The molecule has 0 saturated carbocycles. The van der Waals surface area contributed by atoms with Gasteiger partial charge in [0.1, 0.15) is 10.7 Å². The number of rotatable bonds is 3. The number of halogens is 1. The Bertz CT molecular complexity index is 498. The highest BCUT2D eigenvalue weighted by atomic mass is 32.2. The predicted octanol–water partition coefficient (Wildman–Crippen LogP) is 0.928. The Morgan fingerprint density at radius 1 is 1.38 bits per heavy atom. The summed E-state index contributed by atoms with van der Waals surface area (Å²) in [7, 11) is -2.26. The van der Waals surface area contributed by atoms with Gasteiger partial charge in [0, 0.05) is 5.54 Å². The first-order valence-corrected chi connectivity index (χ1v) is 6.25. The van der Waals surface area contributed by atoms with Gasteiger partial charge in [0.15, 0.2) is 0 Å². The van der Waals surface area contributed by atoms with Crippen LogP contribution in [0.15, 0.2) is 23.1 Å². The van der Waals surface area contributed by atoms with E-state index in [0.717, 1.165) is 0 Å². The normalized spacial score (nSPS) is 12.8. The number of nitrogens with one attached hydrogen (secondary N) is 1. The molecule has 0 radical (unpaired) electrons. The van der Waals surface area contributed by atoms with E-state index in [9.17, 15) is 12.8 Å². The molecule has 90 valence electrons. The minimum atomic E-state index is -4.00. The highest BCUT2D eigenvalue weighted by Crippen LogP contribution is 2.23. The van der Waals surface area contributed by atoms with Gasteiger partial charge in [0.2, 0.25) is 10.0 Å². The molecular weight excluding hydrogens is 231 g/mol. The second-order valence-corrected chi connectivity index (χ2v) is 5.60. The van der Waals surface area contributed by atoms with Crippen LogP contribution in [0.2, 0.25) is 0 Å². The quantitative estimate of drug-likeness (QED) is 0.833. The molecule has 0 heterocycles. The maximum atomic E-state index is 13.5. The third-order valence-corrected chi connectivity index (χ3v) is 3.53. The Balaban J connectivity index is 3.30. The van der Waals surface area contributed by atoms with Gasteiger partial charge in [0.05, 0.1) is 0 Å². The van der Waals surface area contributed by atoms with E-state index >= 15 is 0 Å². The molecule has 0 unspecified atom stereocenters. The van der Waals surface area contributed by atoms with E-state index in [1.165, 1.54) is 12.1 Å². The summed E-state index contributed by atoms with van der Waals surface area (Å²) in [6, 6.07) is 3.90. The first kappa shape index (κ1) is 13.1. The van der Waals surface area contributed by atoms with Crippen molar-refractivity contribution in [3.05, 3.63) is 29.6 Å². The third-order valence-electron chi connectivity index (χ3n) is 2.59. The Hall–Kier alpha value is -0.980. The maximum absolute atomic E-state index is 13.5. The fourth-order valence-electron chi connectivity index (χ4n) is 1.26. The summed E-state index contributed by atoms with van der Waals surface area (Å²) < 4.78 is 35.5. The second kappa shape index (κ2) is 4.12. The zero-order valence-electron chi connectivity index (χ0n) is 9.41. The fraction of sp³-hybridized carbons (Fsp3) is 0.400. The van der Waals surface area contributed by atoms with Crippen LogP contribution in [0.3, 0.4) is 0 Å². The Kier molecular flexibility index (Phi) is 3.37. The molecule has 0 bridgehead atoms. The molecule has 1 aromatic carbocycles. The molecule has 0 amide bonds. The molecule has 6 heteroatoms. The van der Waals surface area contributed by atoms with Crippen LogP contribution in [0.5, 0.6) is 0 Å². The molecule has 0 atom stereocenters. The minimum absolute atomic E-state index is 0.433. The van der Waals surface area contributed by atoms with E-state index in [-0.39, 0.29) is 0 Å². The van der Waals surface area contributed by atoms with Crippen molar-refractivity contribution in [2.45, 2.75) is 24.3 Å². The van der Waals surface area contributed by atoms with Crippen molar-refractivity contribution in [1.29, 1.82) is 0 Å². The largest absolute Gasteiger partial charge is 0.311 e. The van der Waals surface area contributed by atoms with Crippen molar-refractivity contribution in [3.8, 4) is 0 Å². The van der Waals surface area contributed by atoms with Crippen LogP contribution in [0, 0.1) is 5.82 Å². The van der Waals surface area contributed by atoms with E-state index < -0.39 is 26.3 Å². The lowest BCUT2D eigenvalue weighted by atomic mass is 9.95. The van der Waals surface area contributed by atoms with Crippen molar-refractivity contribution >= 4 is 10.0 Å². The number of hydrogen-bond acceptors (Lipinski definition) is 3. The number of primary sulfonamides is 1. The van der Waals surface area contributed by atoms with Crippen molar-refractivity contribution in [2.24, 2.45) is 5.14 Å². The molecule has 0 aliphatic rings. The van der Waals surface area contributed by atoms with Crippen LogP contribution < -0.4 is 10.5 Å². The fourth-order valence-corrected chi connectivity index (χ4v) is 1.85. The van der Waals surface area contributed by atoms with Crippen LogP contribution in [0.4, 0.5) is 4.39 Å². The van der Waals surface area contributed by atoms with Crippen LogP contribution in [0.1, 0.15) is 19.4 Å². The molecule has 3 N–H and O–H groups in total. The van der Waals surface area contributed by atoms with Gasteiger partial charge in [0.25, 0.3) is 0 Å². The topological polar surface area (TPSA) is 72.2 Å². The van der Waals surface area contributed by atoms with E-state index in [2.05, 4.69) is 5.32 Å². The lowest BCUT2D eigenvalue weighted by Gasteiger charge is -2.24. The van der Waals surface area contributed by atoms with E-state index in [1.807, 2.05) is 13.8 Å². The lowest BCUT2D eigenvalue weighted by Crippen LogP contribution is -2.33. The smallest absolute Gasteiger partial charge is 0.240 e. The lowest BCUT2D eigenvalue weighted by molar-refractivity contribution is 0.440. The monoisotopic (exact) mass is 246 g/mol. The Morgan fingerprint density at radius 2 is 1.94 bits per heavy atom. The number of nitrogens with two attached hydrogens (primary N) is 1. The van der Waals surface area contributed by atoms with Crippen LogP contribution in [-0.2, 0) is 15.6 Å². The third kappa shape index (κ3) is 2.58. The average Bonchev–Trinajstić information content (AvgIpc) is 2.15. The zero-order valence-corrected chi connectivity index (χ0v) is 10.2. The van der Waals surface area contributed by atoms with Gasteiger partial charge in [-0.1, -0.05) is 6.07 Å². The molecule has 4 nitrogen and oxygen atoms in total. The zero-order chi connectivity index (χ0) is 12.6. The maximum Gasteiger partial charge on any atom is 0.240 e. The van der Waals surface area contributed by atoms with Gasteiger partial charge < -0.3 is 5.32 Å². The van der Waals surface area contributed by atoms with Crippen LogP contribution in [-0.4, -0.2) is 15.5 Å². The molecule has 0 saturated heterocycles. The van der Waals surface area contributed by atoms with Gasteiger partial charge in [-0.25, -0.2) is 17.9 Å². The minimum Gasteiger partial charge on any atom is -0.311 e. The molecule has 1 aromatic rings. The highest BCUT2D eigenvalue weighted by Gasteiger charge is 2.21. The van der Waals surface area contributed by atoms with Gasteiger partial charge >= 0.3 is 0 Å². The summed E-state index contributed by atoms with van der Waals surface area (Å²) in [6.07, 6.45) is 0. The summed E-state index contributed by atoms with van der Waals surface area (Å²) in [5, 5.41) is 7.86. The predicted molar refractivity (Wildman–Crippen MR) is 59.9 cm³/mol. The van der Waals surface area contributed by atoms with Gasteiger partial charge in [-0.3, -0.25) is 0 Å². The first-order valence-electron chi connectivity index (χ1n) is 4.70. The highest BCUT2D eigenvalue weighted by molar-refractivity contribution is 7.89. The summed E-state index contributed by atoms with van der Waals surface area (Å²) in [4.78, 5) is -0.483. The van der Waals surface area contributed by atoms with Crippen LogP contribution in [0.25, 0.3) is 0 Å². The molecule has 0 aliphatic carbocycles. The summed E-state index contributed by atoms with van der Waals surface area (Å²) >= 11 is 0. The first-order chi connectivity index (χ1) is 7.18. The molecule has 16 heavy (non-hydrogen) atoms. The van der Waals surface area contributed by atoms with Crippen molar-refractivity contribution < 1.29 is 12.8 Å². The van der Waals surface area contributed by atoms with E-state index in [0.29, 0.717) is 5.56 Å². The summed E-state index contributed by atoms with van der Waals surface area (Å²) in [5.41, 5.74) is 0.220. The molecule has 0 aromatic heterocycles. The molecule has 0 aliphatic heterocycles. The van der Waals surface area contributed by atoms with Gasteiger partial charge in [-0.05, 0) is 38.6 Å². The average molecular weight is 246 g/mol. The number of hydrogen-bond donors (Lipinski definition) is 2. The molecular formula is C10H15FN2O2S. The number of sulfonamides is 1. The van der Waals surface area contributed by atoms with Crippen molar-refractivity contribution in [3.63, 3.8) is 0 Å². The SMILES string of the molecule is CNC(C)(C)c1ccc(S(N)(=O)=O)c(F)c1. The van der Waals surface area contributed by atoms with Crippen molar-refractivity contribution in [1.82, 2.24) is 5.32 Å². The van der Waals surface area contributed by atoms with Gasteiger partial charge in [-0.2, -0.15) is 0 Å². The van der Waals surface area contributed by atoms with E-state index in [1.54, 1.807) is 13.1 Å². The van der Waals surface area contributed by atoms with E-state index in [4.69, 9.17) is 5.14 Å². The molecule has 1 rings (SSSR count). The second-order valence-electron chi connectivity index (χ2n) is 4.07. The summed E-state index contributed by atoms with van der Waals surface area (Å²) in [6.45, 7) is 3.72. The van der Waals surface area contributed by atoms with Crippen LogP contribution >= 0.6 is 0 Å². The Morgan fingerprint density at radius 3 is 2.31 bits per heavy atom. The standard InChI is InChI=1S/C10H15FN2O2S/c1-10(2,13-3)7-4-5-9(8(11)6-7)16(12,14)15/h4-6,13H,1-3H3,(H2,12,14,15).